The van der Waals surface area contributed by atoms with Gasteiger partial charge in [-0.15, -0.1) is 11.3 Å². The first-order valence-electron chi connectivity index (χ1n) is 6.84. The Labute approximate surface area is 133 Å². The SMILES string of the molecule is CC(C)c1nc(COc2ccc(Br)cc2C(C)C)cs1. The molecule has 4 heteroatoms. The predicted octanol–water partition coefficient (Wildman–Crippen LogP) is 5.73. The molecule has 1 heterocycles. The molecule has 0 spiro atoms. The van der Waals surface area contributed by atoms with Crippen molar-refractivity contribution < 1.29 is 4.74 Å². The maximum atomic E-state index is 5.96. The lowest BCUT2D eigenvalue weighted by Crippen LogP contribution is -2.00. The lowest BCUT2D eigenvalue weighted by Gasteiger charge is -2.13. The Hall–Kier alpha value is -0.870. The van der Waals surface area contributed by atoms with Crippen molar-refractivity contribution in [1.82, 2.24) is 4.98 Å². The monoisotopic (exact) mass is 353 g/mol. The standard InChI is InChI=1S/C16H20BrNOS/c1-10(2)14-7-12(17)5-6-15(14)19-8-13-9-20-16(18-13)11(3)4/h5-7,9-11H,8H2,1-4H3. The molecule has 1 aromatic heterocycles. The molecule has 1 aromatic carbocycles. The number of hydrogen-bond donors (Lipinski definition) is 0. The highest BCUT2D eigenvalue weighted by atomic mass is 79.9. The van der Waals surface area contributed by atoms with Gasteiger partial charge in [-0.3, -0.25) is 0 Å². The zero-order chi connectivity index (χ0) is 14.7. The van der Waals surface area contributed by atoms with Crippen molar-refractivity contribution in [2.45, 2.75) is 46.1 Å². The number of nitrogens with zero attached hydrogens (tertiary/aromatic N) is 1. The molecule has 0 aliphatic carbocycles. The van der Waals surface area contributed by atoms with Crippen molar-refractivity contribution in [2.24, 2.45) is 0 Å². The van der Waals surface area contributed by atoms with Gasteiger partial charge in [0.15, 0.2) is 0 Å². The molecule has 0 unspecified atom stereocenters. The van der Waals surface area contributed by atoms with E-state index in [0.29, 0.717) is 18.4 Å². The van der Waals surface area contributed by atoms with Gasteiger partial charge in [0.1, 0.15) is 12.4 Å². The fraction of sp³-hybridized carbons (Fsp3) is 0.438. The first-order valence-corrected chi connectivity index (χ1v) is 8.51. The quantitative estimate of drug-likeness (QED) is 0.684. The number of thiazole rings is 1. The predicted molar refractivity (Wildman–Crippen MR) is 88.8 cm³/mol. The van der Waals surface area contributed by atoms with Gasteiger partial charge in [-0.25, -0.2) is 4.98 Å². The zero-order valence-electron chi connectivity index (χ0n) is 12.3. The van der Waals surface area contributed by atoms with Crippen molar-refractivity contribution in [1.29, 1.82) is 0 Å². The second-order valence-electron chi connectivity index (χ2n) is 5.46. The van der Waals surface area contributed by atoms with Crippen LogP contribution in [0.3, 0.4) is 0 Å². The van der Waals surface area contributed by atoms with E-state index in [1.54, 1.807) is 11.3 Å². The van der Waals surface area contributed by atoms with Crippen molar-refractivity contribution >= 4 is 27.3 Å². The van der Waals surface area contributed by atoms with Crippen LogP contribution in [-0.2, 0) is 6.61 Å². The molecule has 0 fully saturated rings. The molecular weight excluding hydrogens is 334 g/mol. The fourth-order valence-corrected chi connectivity index (χ4v) is 3.11. The average Bonchev–Trinajstić information content (AvgIpc) is 2.86. The number of halogens is 1. The summed E-state index contributed by atoms with van der Waals surface area (Å²) in [5.74, 6) is 1.86. The van der Waals surface area contributed by atoms with Gasteiger partial charge in [0, 0.05) is 15.8 Å². The summed E-state index contributed by atoms with van der Waals surface area (Å²) < 4.78 is 7.04. The Morgan fingerprint density at radius 3 is 2.55 bits per heavy atom. The minimum atomic E-state index is 0.434. The largest absolute Gasteiger partial charge is 0.487 e. The number of benzene rings is 1. The van der Waals surface area contributed by atoms with Crippen molar-refractivity contribution in [3.63, 3.8) is 0 Å². The van der Waals surface area contributed by atoms with Gasteiger partial charge >= 0.3 is 0 Å². The molecule has 2 nitrogen and oxygen atoms in total. The summed E-state index contributed by atoms with van der Waals surface area (Å²) >= 11 is 5.22. The Morgan fingerprint density at radius 2 is 1.95 bits per heavy atom. The van der Waals surface area contributed by atoms with Crippen molar-refractivity contribution in [3.8, 4) is 5.75 Å². The van der Waals surface area contributed by atoms with E-state index in [1.807, 2.05) is 12.1 Å². The summed E-state index contributed by atoms with van der Waals surface area (Å²) in [7, 11) is 0. The van der Waals surface area contributed by atoms with Gasteiger partial charge in [0.05, 0.1) is 10.7 Å². The van der Waals surface area contributed by atoms with Gasteiger partial charge in [-0.05, 0) is 29.7 Å². The number of hydrogen-bond acceptors (Lipinski definition) is 3. The lowest BCUT2D eigenvalue weighted by molar-refractivity contribution is 0.297. The average molecular weight is 354 g/mol. The first kappa shape index (κ1) is 15.5. The summed E-state index contributed by atoms with van der Waals surface area (Å²) in [6, 6.07) is 6.16. The molecular formula is C16H20BrNOS. The third kappa shape index (κ3) is 3.83. The number of aromatic nitrogens is 1. The van der Waals surface area contributed by atoms with E-state index in [-0.39, 0.29) is 0 Å². The molecule has 0 saturated carbocycles. The normalized spacial score (nSPS) is 11.3. The summed E-state index contributed by atoms with van der Waals surface area (Å²) in [6.07, 6.45) is 0. The Balaban J connectivity index is 2.10. The van der Waals surface area contributed by atoms with E-state index < -0.39 is 0 Å². The van der Waals surface area contributed by atoms with Gasteiger partial charge in [0.2, 0.25) is 0 Å². The van der Waals surface area contributed by atoms with Gasteiger partial charge < -0.3 is 4.74 Å². The van der Waals surface area contributed by atoms with Crippen LogP contribution in [0, 0.1) is 0 Å². The smallest absolute Gasteiger partial charge is 0.131 e. The van der Waals surface area contributed by atoms with Crippen LogP contribution in [0.4, 0.5) is 0 Å². The van der Waals surface area contributed by atoms with Crippen LogP contribution in [-0.4, -0.2) is 4.98 Å². The minimum Gasteiger partial charge on any atom is -0.487 e. The maximum Gasteiger partial charge on any atom is 0.131 e. The second-order valence-corrected chi connectivity index (χ2v) is 7.26. The molecule has 2 aromatic rings. The Bertz CT molecular complexity index is 578. The highest BCUT2D eigenvalue weighted by molar-refractivity contribution is 9.10. The van der Waals surface area contributed by atoms with E-state index in [2.05, 4.69) is 60.1 Å². The molecule has 0 saturated heterocycles. The highest BCUT2D eigenvalue weighted by Crippen LogP contribution is 2.30. The van der Waals surface area contributed by atoms with Gasteiger partial charge in [0.25, 0.3) is 0 Å². The summed E-state index contributed by atoms with van der Waals surface area (Å²) in [5.41, 5.74) is 2.23. The maximum absolute atomic E-state index is 5.96. The molecule has 2 rings (SSSR count). The van der Waals surface area contributed by atoms with Crippen LogP contribution in [0.1, 0.15) is 55.8 Å². The second kappa shape index (κ2) is 6.72. The van der Waals surface area contributed by atoms with E-state index in [4.69, 9.17) is 4.74 Å². The van der Waals surface area contributed by atoms with E-state index in [0.717, 1.165) is 15.9 Å². The molecule has 0 radical (unpaired) electrons. The molecule has 0 amide bonds. The molecule has 0 N–H and O–H groups in total. The minimum absolute atomic E-state index is 0.434. The lowest BCUT2D eigenvalue weighted by atomic mass is 10.0. The summed E-state index contributed by atoms with van der Waals surface area (Å²) in [6.45, 7) is 9.21. The van der Waals surface area contributed by atoms with Crippen LogP contribution in [0.25, 0.3) is 0 Å². The topological polar surface area (TPSA) is 22.1 Å². The zero-order valence-corrected chi connectivity index (χ0v) is 14.7. The van der Waals surface area contributed by atoms with Gasteiger partial charge in [-0.2, -0.15) is 0 Å². The molecule has 0 atom stereocenters. The third-order valence-corrected chi connectivity index (χ3v) is 4.72. The molecule has 108 valence electrons. The van der Waals surface area contributed by atoms with Crippen LogP contribution < -0.4 is 4.74 Å². The summed E-state index contributed by atoms with van der Waals surface area (Å²) in [4.78, 5) is 4.60. The molecule has 20 heavy (non-hydrogen) atoms. The first-order chi connectivity index (χ1) is 9.47. The molecule has 0 bridgehead atoms. The van der Waals surface area contributed by atoms with Crippen LogP contribution in [0.5, 0.6) is 5.75 Å². The number of rotatable bonds is 5. The van der Waals surface area contributed by atoms with E-state index in [1.165, 1.54) is 10.6 Å². The van der Waals surface area contributed by atoms with Gasteiger partial charge in [-0.1, -0.05) is 43.6 Å². The van der Waals surface area contributed by atoms with Crippen LogP contribution in [0.15, 0.2) is 28.1 Å². The number of ether oxygens (including phenoxy) is 1. The van der Waals surface area contributed by atoms with E-state index >= 15 is 0 Å². The van der Waals surface area contributed by atoms with Crippen LogP contribution >= 0.6 is 27.3 Å². The molecule has 0 aliphatic rings. The Morgan fingerprint density at radius 1 is 1.20 bits per heavy atom. The fourth-order valence-electron chi connectivity index (χ4n) is 1.91. The summed E-state index contributed by atoms with van der Waals surface area (Å²) in [5, 5.41) is 3.26. The molecule has 0 aliphatic heterocycles. The van der Waals surface area contributed by atoms with Crippen molar-refractivity contribution in [3.05, 3.63) is 44.3 Å². The van der Waals surface area contributed by atoms with E-state index in [9.17, 15) is 0 Å². The van der Waals surface area contributed by atoms with Crippen molar-refractivity contribution in [2.75, 3.05) is 0 Å². The third-order valence-electron chi connectivity index (χ3n) is 3.03. The van der Waals surface area contributed by atoms with Crippen LogP contribution in [0.2, 0.25) is 0 Å². The highest BCUT2D eigenvalue weighted by Gasteiger charge is 2.10. The Kier molecular flexibility index (Phi) is 5.22.